The average molecular weight is 637 g/mol. The molecule has 0 saturated heterocycles. The van der Waals surface area contributed by atoms with E-state index in [-0.39, 0.29) is 37.6 Å². The van der Waals surface area contributed by atoms with Crippen LogP contribution in [0.2, 0.25) is 0 Å². The molecule has 0 aromatic heterocycles. The van der Waals surface area contributed by atoms with Crippen LogP contribution in [0.15, 0.2) is 121 Å². The van der Waals surface area contributed by atoms with Gasteiger partial charge in [-0.15, -0.1) is 0 Å². The lowest BCUT2D eigenvalue weighted by molar-refractivity contribution is -0.435. The van der Waals surface area contributed by atoms with Crippen LogP contribution in [0, 0.1) is 0 Å². The molecular weight excluding hydrogens is 600 g/mol. The molecule has 0 heterocycles. The predicted octanol–water partition coefficient (Wildman–Crippen LogP) is 6.27. The Kier molecular flexibility index (Phi) is 10.5. The quantitative estimate of drug-likeness (QED) is 0.0468. The first-order chi connectivity index (χ1) is 22.7. The van der Waals surface area contributed by atoms with Crippen molar-refractivity contribution in [2.75, 3.05) is 26.4 Å². The molecule has 5 rings (SSSR count). The molecular formula is C38H36O9. The molecule has 0 spiro atoms. The second kappa shape index (κ2) is 14.9. The Morgan fingerprint density at radius 1 is 0.702 bits per heavy atom. The van der Waals surface area contributed by atoms with E-state index < -0.39 is 23.5 Å². The molecule has 0 amide bonds. The van der Waals surface area contributed by atoms with Gasteiger partial charge in [0, 0.05) is 16.2 Å². The van der Waals surface area contributed by atoms with Gasteiger partial charge in [0.25, 0.3) is 0 Å². The largest absolute Gasteiger partial charge is 0.491 e. The molecule has 0 bridgehead atoms. The Hall–Kier alpha value is -5.22. The van der Waals surface area contributed by atoms with Crippen molar-refractivity contribution >= 4 is 11.9 Å². The maximum Gasteiger partial charge on any atom is 0.372 e. The van der Waals surface area contributed by atoms with Crippen molar-refractivity contribution in [3.8, 4) is 22.6 Å². The van der Waals surface area contributed by atoms with Crippen LogP contribution >= 0.6 is 0 Å². The Labute approximate surface area is 273 Å². The molecule has 4 aromatic carbocycles. The van der Waals surface area contributed by atoms with Gasteiger partial charge in [0.15, 0.2) is 5.75 Å². The molecule has 0 radical (unpaired) electrons. The van der Waals surface area contributed by atoms with Gasteiger partial charge < -0.3 is 19.3 Å². The van der Waals surface area contributed by atoms with Crippen LogP contribution < -0.4 is 9.62 Å². The summed E-state index contributed by atoms with van der Waals surface area (Å²) < 4.78 is 16.3. The number of hydrogen-bond donors (Lipinski definition) is 1. The zero-order valence-corrected chi connectivity index (χ0v) is 26.3. The van der Waals surface area contributed by atoms with Gasteiger partial charge in [0.2, 0.25) is 0 Å². The van der Waals surface area contributed by atoms with Crippen molar-refractivity contribution in [3.05, 3.63) is 144 Å². The van der Waals surface area contributed by atoms with E-state index in [4.69, 9.17) is 19.1 Å². The van der Waals surface area contributed by atoms with E-state index in [1.165, 1.54) is 6.92 Å². The molecule has 242 valence electrons. The minimum absolute atomic E-state index is 0.00268. The fourth-order valence-corrected chi connectivity index (χ4v) is 5.52. The van der Waals surface area contributed by atoms with E-state index >= 15 is 0 Å². The van der Waals surface area contributed by atoms with E-state index in [1.807, 2.05) is 48.5 Å². The smallest absolute Gasteiger partial charge is 0.372 e. The Balaban J connectivity index is 1.33. The van der Waals surface area contributed by atoms with Crippen molar-refractivity contribution in [2.45, 2.75) is 25.4 Å². The molecule has 0 fully saturated rings. The zero-order chi connectivity index (χ0) is 33.4. The summed E-state index contributed by atoms with van der Waals surface area (Å²) in [5, 5.41) is 14.6. The number of aliphatic hydroxyl groups excluding tert-OH is 1. The molecule has 1 N–H and O–H groups in total. The van der Waals surface area contributed by atoms with Crippen molar-refractivity contribution in [3.63, 3.8) is 0 Å². The van der Waals surface area contributed by atoms with Crippen LogP contribution in [0.1, 0.15) is 36.1 Å². The summed E-state index contributed by atoms with van der Waals surface area (Å²) in [6.45, 7) is 10.4. The zero-order valence-electron chi connectivity index (χ0n) is 26.3. The number of carbonyl (C=O) groups is 2. The Bertz CT molecular complexity index is 1700. The second-order valence-corrected chi connectivity index (χ2v) is 11.1. The van der Waals surface area contributed by atoms with Crippen molar-refractivity contribution < 1.29 is 43.7 Å². The van der Waals surface area contributed by atoms with E-state index in [9.17, 15) is 14.7 Å². The highest BCUT2D eigenvalue weighted by molar-refractivity contribution is 5.87. The highest BCUT2D eigenvalue weighted by atomic mass is 17.5. The topological polar surface area (TPSA) is 110 Å². The molecule has 1 atom stereocenters. The van der Waals surface area contributed by atoms with E-state index in [2.05, 4.69) is 59.5 Å². The number of aliphatic hydroxyl groups is 1. The molecule has 1 aliphatic rings. The Morgan fingerprint density at radius 2 is 1.23 bits per heavy atom. The fourth-order valence-electron chi connectivity index (χ4n) is 5.52. The molecule has 4 aromatic rings. The third-order valence-electron chi connectivity index (χ3n) is 7.68. The lowest BCUT2D eigenvalue weighted by Gasteiger charge is -2.34. The summed E-state index contributed by atoms with van der Waals surface area (Å²) in [5.41, 5.74) is 6.40. The van der Waals surface area contributed by atoms with Crippen LogP contribution in [0.3, 0.4) is 0 Å². The normalized spacial score (nSPS) is 13.1. The molecule has 47 heavy (non-hydrogen) atoms. The van der Waals surface area contributed by atoms with Gasteiger partial charge in [-0.2, -0.15) is 0 Å². The van der Waals surface area contributed by atoms with Crippen LogP contribution in [0.5, 0.6) is 11.5 Å². The van der Waals surface area contributed by atoms with E-state index in [1.54, 1.807) is 19.1 Å². The number of hydrogen-bond acceptors (Lipinski definition) is 9. The lowest BCUT2D eigenvalue weighted by atomic mass is 9.68. The van der Waals surface area contributed by atoms with Crippen LogP contribution in [0.25, 0.3) is 11.1 Å². The summed E-state index contributed by atoms with van der Waals surface area (Å²) in [6, 6.07) is 32.1. The second-order valence-electron chi connectivity index (χ2n) is 11.1. The van der Waals surface area contributed by atoms with Crippen molar-refractivity contribution in [1.29, 1.82) is 0 Å². The summed E-state index contributed by atoms with van der Waals surface area (Å²) in [5.74, 6) is -0.267. The van der Waals surface area contributed by atoms with Gasteiger partial charge in [0.05, 0.1) is 18.6 Å². The molecule has 1 unspecified atom stereocenters. The first-order valence-corrected chi connectivity index (χ1v) is 15.0. The molecule has 0 saturated carbocycles. The van der Waals surface area contributed by atoms with Crippen molar-refractivity contribution in [1.82, 2.24) is 0 Å². The van der Waals surface area contributed by atoms with Gasteiger partial charge >= 0.3 is 11.9 Å². The molecule has 9 nitrogen and oxygen atoms in total. The van der Waals surface area contributed by atoms with Crippen LogP contribution in [-0.4, -0.2) is 49.6 Å². The third-order valence-corrected chi connectivity index (χ3v) is 7.68. The van der Waals surface area contributed by atoms with Crippen LogP contribution in [-0.2, 0) is 34.4 Å². The highest BCUT2D eigenvalue weighted by Gasteiger charge is 2.45. The first kappa shape index (κ1) is 33.2. The number of ether oxygens (including phenoxy) is 3. The van der Waals surface area contributed by atoms with Gasteiger partial charge in [-0.3, -0.25) is 9.78 Å². The van der Waals surface area contributed by atoms with Gasteiger partial charge in [-0.05, 0) is 71.5 Å². The number of rotatable bonds is 15. The standard InChI is InChI=1S/C38H36O9/c1-25(2)36(40)44-24-29(39)23-42-21-22-43-30-17-13-27(14-18-30)38(28-15-19-31(20-16-28)45-47-46-37(41)26(3)4)34-11-7-5-9-32(34)33-10-6-8-12-35(33)38/h5-20,29,39H,1,3,21-24H2,2,4H3. The summed E-state index contributed by atoms with van der Waals surface area (Å²) in [6.07, 6.45) is -0.946. The molecule has 9 heteroatoms. The van der Waals surface area contributed by atoms with Gasteiger partial charge in [-0.1, -0.05) is 86.0 Å². The number of benzene rings is 4. The van der Waals surface area contributed by atoms with E-state index in [0.717, 1.165) is 33.4 Å². The molecule has 1 aliphatic carbocycles. The maximum atomic E-state index is 11.6. The third kappa shape index (κ3) is 7.28. The number of fused-ring (bicyclic) bond motifs is 3. The highest BCUT2D eigenvalue weighted by Crippen LogP contribution is 2.56. The summed E-state index contributed by atoms with van der Waals surface area (Å²) >= 11 is 0. The SMILES string of the molecule is C=C(C)C(=O)OCC(O)COCCOc1ccc(C2(c3ccc(OOOC(=O)C(=C)C)cc3)c3ccccc3-c3ccccc32)cc1. The lowest BCUT2D eigenvalue weighted by Crippen LogP contribution is -2.28. The number of esters is 1. The van der Waals surface area contributed by atoms with Crippen molar-refractivity contribution in [2.24, 2.45) is 0 Å². The predicted molar refractivity (Wildman–Crippen MR) is 174 cm³/mol. The summed E-state index contributed by atoms with van der Waals surface area (Å²) in [4.78, 5) is 32.9. The maximum absolute atomic E-state index is 11.6. The number of carbonyl (C=O) groups excluding carboxylic acids is 2. The monoisotopic (exact) mass is 636 g/mol. The van der Waals surface area contributed by atoms with Gasteiger partial charge in [0.1, 0.15) is 25.1 Å². The van der Waals surface area contributed by atoms with Crippen LogP contribution in [0.4, 0.5) is 0 Å². The fraction of sp³-hybridized carbons (Fsp3) is 0.211. The molecule has 0 aliphatic heterocycles. The van der Waals surface area contributed by atoms with Gasteiger partial charge in [-0.25, -0.2) is 9.59 Å². The minimum atomic E-state index is -0.946. The summed E-state index contributed by atoms with van der Waals surface area (Å²) in [7, 11) is 0. The minimum Gasteiger partial charge on any atom is -0.491 e. The van der Waals surface area contributed by atoms with E-state index in [0.29, 0.717) is 11.5 Å². The Morgan fingerprint density at radius 3 is 1.79 bits per heavy atom. The first-order valence-electron chi connectivity index (χ1n) is 15.0. The average Bonchev–Trinajstić information content (AvgIpc) is 3.38.